The number of benzene rings is 2. The molecule has 3 rings (SSSR count). The number of amides is 2. The number of rotatable bonds is 4. The van der Waals surface area contributed by atoms with Gasteiger partial charge in [-0.1, -0.05) is 42.5 Å². The third kappa shape index (κ3) is 3.63. The lowest BCUT2D eigenvalue weighted by atomic mass is 9.77. The van der Waals surface area contributed by atoms with E-state index < -0.39 is 46.3 Å². The number of hydrogen-bond donors (Lipinski definition) is 3. The lowest BCUT2D eigenvalue weighted by Crippen LogP contribution is -2.72. The van der Waals surface area contributed by atoms with Crippen LogP contribution in [-0.4, -0.2) is 33.7 Å². The molecule has 0 saturated carbocycles. The first kappa shape index (κ1) is 20.3. The van der Waals surface area contributed by atoms with Crippen molar-refractivity contribution in [1.82, 2.24) is 10.6 Å². The van der Waals surface area contributed by atoms with Crippen molar-refractivity contribution in [2.45, 2.75) is 17.9 Å². The van der Waals surface area contributed by atoms with E-state index >= 15 is 0 Å². The summed E-state index contributed by atoms with van der Waals surface area (Å²) in [6, 6.07) is 8.36. The lowest BCUT2D eigenvalue weighted by molar-refractivity contribution is -0.385. The Morgan fingerprint density at radius 1 is 1.14 bits per heavy atom. The zero-order valence-corrected chi connectivity index (χ0v) is 14.5. The molecule has 0 spiro atoms. The quantitative estimate of drug-likeness (QED) is 0.407. The first-order valence-corrected chi connectivity index (χ1v) is 8.26. The van der Waals surface area contributed by atoms with Gasteiger partial charge in [-0.05, 0) is 5.56 Å². The number of nitrogens with zero attached hydrogens (tertiary/aromatic N) is 1. The minimum absolute atomic E-state index is 0.131. The molecule has 2 aromatic rings. The third-order valence-electron chi connectivity index (χ3n) is 4.59. The van der Waals surface area contributed by atoms with Crippen molar-refractivity contribution >= 4 is 17.5 Å². The number of urea groups is 1. The summed E-state index contributed by atoms with van der Waals surface area (Å²) in [5.74, 6) is -3.35. The third-order valence-corrected chi connectivity index (χ3v) is 4.59. The van der Waals surface area contributed by atoms with Gasteiger partial charge in [0.25, 0.3) is 5.69 Å². The zero-order chi connectivity index (χ0) is 21.4. The molecular weight excluding hydrogens is 395 g/mol. The molecule has 11 heteroatoms. The van der Waals surface area contributed by atoms with Gasteiger partial charge in [-0.3, -0.25) is 14.9 Å². The zero-order valence-electron chi connectivity index (χ0n) is 14.5. The summed E-state index contributed by atoms with van der Waals surface area (Å²) >= 11 is 0. The van der Waals surface area contributed by atoms with Crippen LogP contribution in [-0.2, 0) is 0 Å². The number of non-ortho nitro benzene ring substituents is 1. The summed E-state index contributed by atoms with van der Waals surface area (Å²) in [6.45, 7) is 0. The second-order valence-corrected chi connectivity index (χ2v) is 6.40. The normalized spacial score (nSPS) is 24.3. The highest BCUT2D eigenvalue weighted by Gasteiger charge is 2.66. The molecule has 29 heavy (non-hydrogen) atoms. The van der Waals surface area contributed by atoms with Gasteiger partial charge in [-0.25, -0.2) is 4.79 Å². The fourth-order valence-electron chi connectivity index (χ4n) is 3.23. The van der Waals surface area contributed by atoms with Crippen LogP contribution in [0.25, 0.3) is 0 Å². The Morgan fingerprint density at radius 2 is 1.79 bits per heavy atom. The summed E-state index contributed by atoms with van der Waals surface area (Å²) < 4.78 is 41.3. The van der Waals surface area contributed by atoms with Crippen molar-refractivity contribution in [2.24, 2.45) is 5.92 Å². The van der Waals surface area contributed by atoms with E-state index in [-0.39, 0.29) is 11.1 Å². The van der Waals surface area contributed by atoms with E-state index in [4.69, 9.17) is 0 Å². The molecule has 3 atom stereocenters. The average molecular weight is 409 g/mol. The lowest BCUT2D eigenvalue weighted by Gasteiger charge is -2.45. The van der Waals surface area contributed by atoms with Gasteiger partial charge in [0.1, 0.15) is 5.92 Å². The molecule has 2 amide bonds. The maximum Gasteiger partial charge on any atom is 0.437 e. The number of hydrogen-bond acceptors (Lipinski definition) is 5. The number of nitro groups is 1. The first-order chi connectivity index (χ1) is 13.5. The molecule has 3 N–H and O–H groups in total. The largest absolute Gasteiger partial charge is 0.437 e. The van der Waals surface area contributed by atoms with Crippen LogP contribution in [0.3, 0.4) is 0 Å². The van der Waals surface area contributed by atoms with Crippen molar-refractivity contribution in [2.75, 3.05) is 0 Å². The van der Waals surface area contributed by atoms with E-state index in [9.17, 15) is 38.0 Å². The molecule has 0 radical (unpaired) electrons. The minimum atomic E-state index is -5.40. The number of carbonyl (C=O) groups excluding carboxylic acids is 2. The minimum Gasteiger partial charge on any atom is -0.363 e. The Bertz CT molecular complexity index is 967. The van der Waals surface area contributed by atoms with E-state index in [0.717, 1.165) is 12.1 Å². The molecule has 1 aliphatic rings. The molecule has 1 fully saturated rings. The van der Waals surface area contributed by atoms with Gasteiger partial charge in [0.05, 0.1) is 11.0 Å². The van der Waals surface area contributed by atoms with Gasteiger partial charge in [0, 0.05) is 17.7 Å². The predicted octanol–water partition coefficient (Wildman–Crippen LogP) is 2.70. The van der Waals surface area contributed by atoms with E-state index in [1.54, 1.807) is 6.07 Å². The molecule has 1 aliphatic heterocycles. The van der Waals surface area contributed by atoms with Crippen molar-refractivity contribution in [1.29, 1.82) is 0 Å². The molecule has 0 unspecified atom stereocenters. The van der Waals surface area contributed by atoms with Crippen LogP contribution in [0.5, 0.6) is 0 Å². The number of Topliss-reactive ketones (excluding diaryl/α,β-unsaturated/α-hetero) is 1. The topological polar surface area (TPSA) is 122 Å². The molecule has 0 aliphatic carbocycles. The summed E-state index contributed by atoms with van der Waals surface area (Å²) in [5.41, 5.74) is -4.60. The van der Waals surface area contributed by atoms with Crippen LogP contribution < -0.4 is 10.6 Å². The maximum absolute atomic E-state index is 13.8. The van der Waals surface area contributed by atoms with Gasteiger partial charge in [0.15, 0.2) is 5.78 Å². The Labute approximate surface area is 161 Å². The Balaban J connectivity index is 2.18. The molecule has 152 valence electrons. The number of ketones is 1. The highest BCUT2D eigenvalue weighted by atomic mass is 19.4. The highest BCUT2D eigenvalue weighted by molar-refractivity contribution is 6.00. The SMILES string of the molecule is O=C1N[C@H](c2cccc([N+](=O)[O-])c2)[C@@H](C(=O)c2ccccc2)[C@](O)(C(F)(F)F)N1. The highest BCUT2D eigenvalue weighted by Crippen LogP contribution is 2.44. The van der Waals surface area contributed by atoms with Crippen molar-refractivity contribution < 1.29 is 32.8 Å². The van der Waals surface area contributed by atoms with Gasteiger partial charge < -0.3 is 15.7 Å². The number of halogens is 3. The number of alkyl halides is 3. The van der Waals surface area contributed by atoms with Gasteiger partial charge in [-0.2, -0.15) is 13.2 Å². The monoisotopic (exact) mass is 409 g/mol. The number of nitrogens with one attached hydrogen (secondary N) is 2. The van der Waals surface area contributed by atoms with Crippen molar-refractivity contribution in [3.8, 4) is 0 Å². The molecule has 0 aromatic heterocycles. The van der Waals surface area contributed by atoms with Crippen LogP contribution in [0.2, 0.25) is 0 Å². The summed E-state index contributed by atoms with van der Waals surface area (Å²) in [5, 5.41) is 25.0. The summed E-state index contributed by atoms with van der Waals surface area (Å²) in [7, 11) is 0. The maximum atomic E-state index is 13.8. The molecule has 8 nitrogen and oxygen atoms in total. The fourth-order valence-corrected chi connectivity index (χ4v) is 3.23. The second-order valence-electron chi connectivity index (χ2n) is 6.40. The first-order valence-electron chi connectivity index (χ1n) is 8.26. The van der Waals surface area contributed by atoms with Crippen LogP contribution in [0.1, 0.15) is 22.0 Å². The molecule has 1 saturated heterocycles. The predicted molar refractivity (Wildman–Crippen MR) is 92.8 cm³/mol. The van der Waals surface area contributed by atoms with E-state index in [0.29, 0.717) is 0 Å². The van der Waals surface area contributed by atoms with Crippen LogP contribution in [0.15, 0.2) is 54.6 Å². The molecule has 0 bridgehead atoms. The van der Waals surface area contributed by atoms with E-state index in [1.165, 1.54) is 41.7 Å². The summed E-state index contributed by atoms with van der Waals surface area (Å²) in [4.78, 5) is 35.2. The van der Waals surface area contributed by atoms with Gasteiger partial charge in [0.2, 0.25) is 5.72 Å². The van der Waals surface area contributed by atoms with Gasteiger partial charge in [-0.15, -0.1) is 0 Å². The molecule has 1 heterocycles. The number of nitro benzene ring substituents is 1. The van der Waals surface area contributed by atoms with Crippen LogP contribution in [0, 0.1) is 16.0 Å². The number of carbonyl (C=O) groups is 2. The van der Waals surface area contributed by atoms with Crippen molar-refractivity contribution in [3.05, 3.63) is 75.8 Å². The fraction of sp³-hybridized carbons (Fsp3) is 0.222. The Hall–Kier alpha value is -3.47. The number of aliphatic hydroxyl groups is 1. The second kappa shape index (κ2) is 7.17. The van der Waals surface area contributed by atoms with E-state index in [1.807, 2.05) is 0 Å². The smallest absolute Gasteiger partial charge is 0.363 e. The van der Waals surface area contributed by atoms with E-state index in [2.05, 4.69) is 5.32 Å². The summed E-state index contributed by atoms with van der Waals surface area (Å²) in [6.07, 6.45) is -5.40. The standard InChI is InChI=1S/C18H14F3N3O5/c19-18(20,21)17(27)13(15(25)10-5-2-1-3-6-10)14(22-16(26)23-17)11-7-4-8-12(9-11)24(28)29/h1-9,13-14,27H,(H2,22,23,26)/t13-,14+,17-/m0/s1. The molecular formula is C18H14F3N3O5. The Morgan fingerprint density at radius 3 is 2.38 bits per heavy atom. The Kier molecular flexibility index (Phi) is 5.01. The van der Waals surface area contributed by atoms with Crippen molar-refractivity contribution in [3.63, 3.8) is 0 Å². The molecule has 2 aromatic carbocycles. The van der Waals surface area contributed by atoms with Crippen LogP contribution >= 0.6 is 0 Å². The van der Waals surface area contributed by atoms with Gasteiger partial charge >= 0.3 is 12.2 Å². The van der Waals surface area contributed by atoms with Crippen LogP contribution in [0.4, 0.5) is 23.7 Å². The average Bonchev–Trinajstić information content (AvgIpc) is 2.67.